The van der Waals surface area contributed by atoms with Gasteiger partial charge in [0.1, 0.15) is 0 Å². The maximum absolute atomic E-state index is 11.1. The highest BCUT2D eigenvalue weighted by Crippen LogP contribution is 2.68. The molecule has 0 spiro atoms. The molecular formula is C25H42O2. The number of carboxylic acid groups (broad SMARTS) is 1. The van der Waals surface area contributed by atoms with E-state index >= 15 is 0 Å². The van der Waals surface area contributed by atoms with Crippen LogP contribution in [0.25, 0.3) is 0 Å². The first kappa shape index (κ1) is 19.8. The van der Waals surface area contributed by atoms with Gasteiger partial charge in [0.15, 0.2) is 0 Å². The maximum Gasteiger partial charge on any atom is 0.303 e. The van der Waals surface area contributed by atoms with Crippen LogP contribution in [0.15, 0.2) is 0 Å². The highest BCUT2D eigenvalue weighted by molar-refractivity contribution is 5.66. The Hall–Kier alpha value is -0.530. The molecule has 27 heavy (non-hydrogen) atoms. The lowest BCUT2D eigenvalue weighted by atomic mass is 9.44. The summed E-state index contributed by atoms with van der Waals surface area (Å²) in [4.78, 5) is 11.1. The smallest absolute Gasteiger partial charge is 0.303 e. The highest BCUT2D eigenvalue weighted by atomic mass is 16.4. The van der Waals surface area contributed by atoms with Crippen LogP contribution >= 0.6 is 0 Å². The average Bonchev–Trinajstić information content (AvgIpc) is 2.97. The monoisotopic (exact) mass is 374 g/mol. The summed E-state index contributed by atoms with van der Waals surface area (Å²) in [6.07, 6.45) is 14.2. The number of carbonyl (C=O) groups is 1. The van der Waals surface area contributed by atoms with Crippen molar-refractivity contribution in [1.29, 1.82) is 0 Å². The molecule has 2 nitrogen and oxygen atoms in total. The summed E-state index contributed by atoms with van der Waals surface area (Å²) in [5, 5.41) is 9.11. The van der Waals surface area contributed by atoms with Gasteiger partial charge < -0.3 is 5.11 Å². The van der Waals surface area contributed by atoms with Crippen LogP contribution in [0.4, 0.5) is 0 Å². The Morgan fingerprint density at radius 2 is 1.70 bits per heavy atom. The van der Waals surface area contributed by atoms with E-state index in [1.54, 1.807) is 0 Å². The normalized spacial score (nSPS) is 50.4. The third kappa shape index (κ3) is 3.18. The summed E-state index contributed by atoms with van der Waals surface area (Å²) in [5.41, 5.74) is 1.09. The van der Waals surface area contributed by atoms with E-state index in [4.69, 9.17) is 5.11 Å². The summed E-state index contributed by atoms with van der Waals surface area (Å²) in [6, 6.07) is 0. The topological polar surface area (TPSA) is 37.3 Å². The Kier molecular flexibility index (Phi) is 5.17. The molecule has 0 aromatic carbocycles. The second kappa shape index (κ2) is 7.06. The number of hydrogen-bond acceptors (Lipinski definition) is 1. The molecule has 4 saturated carbocycles. The standard InChI is InChI=1S/C25H42O2/c1-16-11-13-24(3)18(15-16)6-7-19-21-9-8-20(17(2)5-10-23(26)27)25(21,4)14-12-22(19)24/h16-22H,5-15H2,1-4H3,(H,26,27)/t16-,17?,18+,19?,20+,21?,22?,24-,25+/m0/s1. The predicted molar refractivity (Wildman–Crippen MR) is 110 cm³/mol. The number of aliphatic carboxylic acids is 1. The second-order valence-electron chi connectivity index (χ2n) is 11.7. The lowest BCUT2D eigenvalue weighted by Gasteiger charge is -2.61. The van der Waals surface area contributed by atoms with E-state index in [2.05, 4.69) is 27.7 Å². The zero-order valence-electron chi connectivity index (χ0n) is 18.2. The van der Waals surface area contributed by atoms with Crippen LogP contribution < -0.4 is 0 Å². The third-order valence-corrected chi connectivity index (χ3v) is 10.5. The first-order valence-electron chi connectivity index (χ1n) is 12.0. The van der Waals surface area contributed by atoms with Crippen LogP contribution in [0, 0.1) is 52.3 Å². The third-order valence-electron chi connectivity index (χ3n) is 10.5. The molecule has 0 aromatic heterocycles. The minimum absolute atomic E-state index is 0.350. The molecule has 4 aliphatic carbocycles. The summed E-state index contributed by atoms with van der Waals surface area (Å²) in [7, 11) is 0. The molecule has 9 atom stereocenters. The Labute approximate surface area is 166 Å². The fourth-order valence-corrected chi connectivity index (χ4v) is 9.00. The Balaban J connectivity index is 1.51. The Morgan fingerprint density at radius 3 is 2.44 bits per heavy atom. The van der Waals surface area contributed by atoms with E-state index in [0.717, 1.165) is 41.9 Å². The molecule has 0 heterocycles. The highest BCUT2D eigenvalue weighted by Gasteiger charge is 2.60. The second-order valence-corrected chi connectivity index (χ2v) is 11.7. The van der Waals surface area contributed by atoms with Crippen molar-refractivity contribution in [3.8, 4) is 0 Å². The lowest BCUT2D eigenvalue weighted by molar-refractivity contribution is -0.137. The zero-order chi connectivity index (χ0) is 19.4. The van der Waals surface area contributed by atoms with Crippen molar-refractivity contribution in [2.75, 3.05) is 0 Å². The van der Waals surface area contributed by atoms with E-state index in [-0.39, 0.29) is 0 Å². The summed E-state index contributed by atoms with van der Waals surface area (Å²) in [6.45, 7) is 10.1. The molecule has 0 aliphatic heterocycles. The quantitative estimate of drug-likeness (QED) is 0.588. The number of fused-ring (bicyclic) bond motifs is 5. The van der Waals surface area contributed by atoms with Gasteiger partial charge in [0.25, 0.3) is 0 Å². The van der Waals surface area contributed by atoms with Gasteiger partial charge in [-0.25, -0.2) is 0 Å². The van der Waals surface area contributed by atoms with E-state index < -0.39 is 5.97 Å². The van der Waals surface area contributed by atoms with Crippen LogP contribution in [0.2, 0.25) is 0 Å². The SMILES string of the molecule is CC(CCC(=O)O)[C@H]1CCC2C3CC[C@@H]4C[C@@H](C)CC[C@]4(C)C3CC[C@@]21C. The largest absolute Gasteiger partial charge is 0.481 e. The van der Waals surface area contributed by atoms with Crippen LogP contribution in [0.1, 0.15) is 98.3 Å². The first-order chi connectivity index (χ1) is 12.8. The molecule has 0 saturated heterocycles. The predicted octanol–water partition coefficient (Wildman–Crippen LogP) is 6.78. The van der Waals surface area contributed by atoms with E-state index in [1.165, 1.54) is 57.8 Å². The molecule has 4 fully saturated rings. The molecule has 0 amide bonds. The minimum Gasteiger partial charge on any atom is -0.481 e. The molecular weight excluding hydrogens is 332 g/mol. The van der Waals surface area contributed by atoms with Crippen LogP contribution in [-0.4, -0.2) is 11.1 Å². The minimum atomic E-state index is -0.622. The van der Waals surface area contributed by atoms with Crippen molar-refractivity contribution >= 4 is 5.97 Å². The number of rotatable bonds is 4. The zero-order valence-corrected chi connectivity index (χ0v) is 18.2. The van der Waals surface area contributed by atoms with Gasteiger partial charge in [-0.15, -0.1) is 0 Å². The summed E-state index contributed by atoms with van der Waals surface area (Å²) in [5.74, 6) is 5.45. The molecule has 4 unspecified atom stereocenters. The molecule has 0 bridgehead atoms. The van der Waals surface area contributed by atoms with E-state index in [0.29, 0.717) is 23.2 Å². The van der Waals surface area contributed by atoms with E-state index in [9.17, 15) is 4.79 Å². The van der Waals surface area contributed by atoms with Crippen molar-refractivity contribution in [3.05, 3.63) is 0 Å². The van der Waals surface area contributed by atoms with Gasteiger partial charge in [0, 0.05) is 6.42 Å². The van der Waals surface area contributed by atoms with Gasteiger partial charge >= 0.3 is 5.97 Å². The van der Waals surface area contributed by atoms with Gasteiger partial charge in [0.2, 0.25) is 0 Å². The molecule has 1 N–H and O–H groups in total. The van der Waals surface area contributed by atoms with Gasteiger partial charge in [-0.05, 0) is 110 Å². The van der Waals surface area contributed by atoms with Gasteiger partial charge in [-0.2, -0.15) is 0 Å². The molecule has 154 valence electrons. The Morgan fingerprint density at radius 1 is 1.00 bits per heavy atom. The van der Waals surface area contributed by atoms with Gasteiger partial charge in [-0.1, -0.05) is 34.1 Å². The van der Waals surface area contributed by atoms with Crippen molar-refractivity contribution in [2.24, 2.45) is 52.3 Å². The first-order valence-corrected chi connectivity index (χ1v) is 12.0. The average molecular weight is 375 g/mol. The lowest BCUT2D eigenvalue weighted by Crippen LogP contribution is -2.53. The van der Waals surface area contributed by atoms with E-state index in [1.807, 2.05) is 0 Å². The van der Waals surface area contributed by atoms with Gasteiger partial charge in [-0.3, -0.25) is 4.79 Å². The van der Waals surface area contributed by atoms with Crippen molar-refractivity contribution in [1.82, 2.24) is 0 Å². The molecule has 4 rings (SSSR count). The van der Waals surface area contributed by atoms with Crippen LogP contribution in [0.3, 0.4) is 0 Å². The summed E-state index contributed by atoms with van der Waals surface area (Å²) < 4.78 is 0. The van der Waals surface area contributed by atoms with Crippen LogP contribution in [-0.2, 0) is 4.79 Å². The number of hydrogen-bond donors (Lipinski definition) is 1. The Bertz CT molecular complexity index is 571. The fourth-order valence-electron chi connectivity index (χ4n) is 9.00. The van der Waals surface area contributed by atoms with Crippen molar-refractivity contribution in [2.45, 2.75) is 98.3 Å². The molecule has 0 radical (unpaired) electrons. The summed E-state index contributed by atoms with van der Waals surface area (Å²) >= 11 is 0. The van der Waals surface area contributed by atoms with Crippen LogP contribution in [0.5, 0.6) is 0 Å². The van der Waals surface area contributed by atoms with Crippen molar-refractivity contribution < 1.29 is 9.90 Å². The maximum atomic E-state index is 11.1. The fraction of sp³-hybridized carbons (Fsp3) is 0.960. The molecule has 0 aromatic rings. The molecule has 2 heteroatoms. The van der Waals surface area contributed by atoms with Crippen molar-refractivity contribution in [3.63, 3.8) is 0 Å². The van der Waals surface area contributed by atoms with Gasteiger partial charge in [0.05, 0.1) is 0 Å². The molecule has 4 aliphatic rings. The number of carboxylic acids is 1.